The second kappa shape index (κ2) is 5.37. The van der Waals surface area contributed by atoms with E-state index in [0.29, 0.717) is 6.42 Å². The molecule has 3 rings (SSSR count). The number of hydrogen-bond acceptors (Lipinski definition) is 3. The number of benzene rings is 1. The third kappa shape index (κ3) is 2.83. The van der Waals surface area contributed by atoms with Gasteiger partial charge in [-0.1, -0.05) is 0 Å². The normalized spacial score (nSPS) is 23.9. The Labute approximate surface area is 120 Å². The van der Waals surface area contributed by atoms with Crippen LogP contribution in [0.25, 0.3) is 11.0 Å². The van der Waals surface area contributed by atoms with E-state index >= 15 is 0 Å². The number of hydrogen-bond donors (Lipinski definition) is 1. The second-order valence-corrected chi connectivity index (χ2v) is 6.29. The van der Waals surface area contributed by atoms with Crippen molar-refractivity contribution < 1.29 is 13.2 Å². The van der Waals surface area contributed by atoms with E-state index in [1.165, 1.54) is 0 Å². The molecule has 1 aliphatic rings. The molecule has 0 bridgehead atoms. The summed E-state index contributed by atoms with van der Waals surface area (Å²) in [6.45, 7) is 0. The molecule has 3 nitrogen and oxygen atoms in total. The Morgan fingerprint density at radius 3 is 2.85 bits per heavy atom. The van der Waals surface area contributed by atoms with Crippen LogP contribution >= 0.6 is 0 Å². The van der Waals surface area contributed by atoms with Gasteiger partial charge in [-0.3, -0.25) is 0 Å². The molecule has 1 aromatic heterocycles. The fourth-order valence-corrected chi connectivity index (χ4v) is 3.91. The summed E-state index contributed by atoms with van der Waals surface area (Å²) in [6, 6.07) is 5.49. The van der Waals surface area contributed by atoms with Gasteiger partial charge in [-0.25, -0.2) is 0 Å². The van der Waals surface area contributed by atoms with Crippen LogP contribution < -0.4 is 5.32 Å². The van der Waals surface area contributed by atoms with E-state index in [2.05, 4.69) is 13.3 Å². The molecule has 108 valence electrons. The van der Waals surface area contributed by atoms with Gasteiger partial charge in [0.2, 0.25) is 0 Å². The van der Waals surface area contributed by atoms with Crippen molar-refractivity contribution >= 4 is 31.7 Å². The quantitative estimate of drug-likeness (QED) is 0.847. The molecule has 20 heavy (non-hydrogen) atoms. The fourth-order valence-electron chi connectivity index (χ4n) is 2.76. The van der Waals surface area contributed by atoms with E-state index in [0.717, 1.165) is 23.1 Å². The van der Waals surface area contributed by atoms with Crippen molar-refractivity contribution in [3.63, 3.8) is 0 Å². The molecular weight excluding hydrogens is 334 g/mol. The Kier molecular flexibility index (Phi) is 3.73. The van der Waals surface area contributed by atoms with Gasteiger partial charge in [0.05, 0.1) is 0 Å². The molecule has 1 aromatic carbocycles. The Morgan fingerprint density at radius 1 is 1.20 bits per heavy atom. The molecule has 1 saturated carbocycles. The molecule has 1 N–H and O–H groups in total. The first-order valence-electron chi connectivity index (χ1n) is 6.58. The number of fused-ring (bicyclic) bond motifs is 1. The van der Waals surface area contributed by atoms with Crippen molar-refractivity contribution in [1.29, 1.82) is 0 Å². The van der Waals surface area contributed by atoms with Crippen LogP contribution in [-0.4, -0.2) is 35.1 Å². The molecule has 1 aliphatic carbocycles. The zero-order valence-electron chi connectivity index (χ0n) is 10.7. The summed E-state index contributed by atoms with van der Waals surface area (Å²) in [5.41, 5.74) is 2.47. The minimum absolute atomic E-state index is 0.124. The van der Waals surface area contributed by atoms with Crippen LogP contribution in [0.2, 0.25) is 0 Å². The van der Waals surface area contributed by atoms with Crippen molar-refractivity contribution in [3.05, 3.63) is 18.2 Å². The monoisotopic (exact) mass is 349 g/mol. The molecule has 0 saturated heterocycles. The van der Waals surface area contributed by atoms with Crippen LogP contribution in [0.4, 0.5) is 18.9 Å². The summed E-state index contributed by atoms with van der Waals surface area (Å²) in [7, 11) is 0. The Bertz CT molecular complexity index is 596. The van der Waals surface area contributed by atoms with Crippen molar-refractivity contribution in [3.8, 4) is 0 Å². The maximum absolute atomic E-state index is 12.8. The third-order valence-electron chi connectivity index (χ3n) is 3.78. The van der Waals surface area contributed by atoms with Crippen molar-refractivity contribution in [2.45, 2.75) is 37.9 Å². The minimum atomic E-state index is -4.08. The number of alkyl halides is 3. The predicted molar refractivity (Wildman–Crippen MR) is 71.9 cm³/mol. The van der Waals surface area contributed by atoms with Gasteiger partial charge in [-0.05, 0) is 0 Å². The zero-order chi connectivity index (χ0) is 14.2. The SMILES string of the molecule is FC(F)(F)C1CCCC(Nc2cccc3n[se]nc23)C1. The molecule has 7 heteroatoms. The van der Waals surface area contributed by atoms with Gasteiger partial charge in [0.15, 0.2) is 0 Å². The van der Waals surface area contributed by atoms with E-state index in [-0.39, 0.29) is 33.8 Å². The molecule has 0 radical (unpaired) electrons. The molecule has 1 heterocycles. The van der Waals surface area contributed by atoms with Gasteiger partial charge in [0.1, 0.15) is 0 Å². The third-order valence-corrected chi connectivity index (χ3v) is 4.92. The molecule has 2 unspecified atom stereocenters. The summed E-state index contributed by atoms with van der Waals surface area (Å²) in [5.74, 6) is -1.18. The first kappa shape index (κ1) is 13.9. The average molecular weight is 348 g/mol. The molecular formula is C13H14F3N3Se. The first-order valence-corrected chi connectivity index (χ1v) is 8.12. The number of halogens is 3. The van der Waals surface area contributed by atoms with E-state index in [9.17, 15) is 13.2 Å². The Morgan fingerprint density at radius 2 is 2.05 bits per heavy atom. The van der Waals surface area contributed by atoms with Gasteiger partial charge >= 0.3 is 120 Å². The molecule has 2 aromatic rings. The van der Waals surface area contributed by atoms with Gasteiger partial charge in [0, 0.05) is 0 Å². The van der Waals surface area contributed by atoms with E-state index < -0.39 is 12.1 Å². The summed E-state index contributed by atoms with van der Waals surface area (Å²) in [4.78, 5) is 0. The number of rotatable bonds is 2. The van der Waals surface area contributed by atoms with Crippen LogP contribution in [0.15, 0.2) is 18.2 Å². The summed E-state index contributed by atoms with van der Waals surface area (Å²) >= 11 is -0.124. The van der Waals surface area contributed by atoms with Crippen LogP contribution in [0.3, 0.4) is 0 Å². The van der Waals surface area contributed by atoms with Crippen LogP contribution in [0, 0.1) is 5.92 Å². The van der Waals surface area contributed by atoms with Gasteiger partial charge in [-0.2, -0.15) is 0 Å². The Balaban J connectivity index is 1.76. The van der Waals surface area contributed by atoms with Crippen molar-refractivity contribution in [2.75, 3.05) is 5.32 Å². The predicted octanol–water partition coefficient (Wildman–Crippen LogP) is 3.22. The zero-order valence-corrected chi connectivity index (χ0v) is 12.4. The van der Waals surface area contributed by atoms with Gasteiger partial charge in [-0.15, -0.1) is 0 Å². The second-order valence-electron chi connectivity index (χ2n) is 5.18. The topological polar surface area (TPSA) is 37.8 Å². The van der Waals surface area contributed by atoms with Crippen molar-refractivity contribution in [1.82, 2.24) is 7.96 Å². The average Bonchev–Trinajstić information content (AvgIpc) is 2.87. The van der Waals surface area contributed by atoms with E-state index in [1.807, 2.05) is 18.2 Å². The maximum atomic E-state index is 12.8. The summed E-state index contributed by atoms with van der Waals surface area (Å²) < 4.78 is 47.1. The van der Waals surface area contributed by atoms with E-state index in [4.69, 9.17) is 0 Å². The molecule has 0 aliphatic heterocycles. The summed E-state index contributed by atoms with van der Waals surface area (Å²) in [6.07, 6.45) is -2.30. The van der Waals surface area contributed by atoms with Gasteiger partial charge < -0.3 is 0 Å². The molecule has 0 amide bonds. The van der Waals surface area contributed by atoms with Crippen molar-refractivity contribution in [2.24, 2.45) is 5.92 Å². The summed E-state index contributed by atoms with van der Waals surface area (Å²) in [5, 5.41) is 3.24. The molecule has 2 atom stereocenters. The standard InChI is InChI=1S/C13H14F3N3Se/c14-13(15,16)8-3-1-4-9(7-8)17-10-5-2-6-11-12(10)19-20-18-11/h2,5-6,8-9,17H,1,3-4,7H2. The number of nitrogens with zero attached hydrogens (tertiary/aromatic N) is 2. The fraction of sp³-hybridized carbons (Fsp3) is 0.538. The van der Waals surface area contributed by atoms with E-state index in [1.54, 1.807) is 0 Å². The number of anilines is 1. The van der Waals surface area contributed by atoms with Crippen LogP contribution in [0.5, 0.6) is 0 Å². The molecule has 1 fully saturated rings. The van der Waals surface area contributed by atoms with Crippen LogP contribution in [0.1, 0.15) is 25.7 Å². The first-order chi connectivity index (χ1) is 9.54. The van der Waals surface area contributed by atoms with Crippen LogP contribution in [-0.2, 0) is 0 Å². The van der Waals surface area contributed by atoms with Gasteiger partial charge in [0.25, 0.3) is 0 Å². The Hall–Kier alpha value is -1.07. The number of nitrogens with one attached hydrogen (secondary N) is 1. The molecule has 0 spiro atoms. The number of aromatic nitrogens is 2.